The van der Waals surface area contributed by atoms with Crippen LogP contribution in [0, 0.1) is 0 Å². The Morgan fingerprint density at radius 1 is 1.55 bits per heavy atom. The average molecular weight is 182 g/mol. The van der Waals surface area contributed by atoms with Gasteiger partial charge in [-0.1, -0.05) is 0 Å². The van der Waals surface area contributed by atoms with Crippen LogP contribution in [-0.2, 0) is 19.1 Å². The van der Waals surface area contributed by atoms with Gasteiger partial charge in [0.2, 0.25) is 0 Å². The van der Waals surface area contributed by atoms with E-state index in [2.05, 4.69) is 4.18 Å². The first-order chi connectivity index (χ1) is 4.81. The molecular weight excluding hydrogens is 172 g/mol. The van der Waals surface area contributed by atoms with Gasteiger partial charge in [-0.3, -0.25) is 4.79 Å². The number of carbonyl (C=O) groups excluding carboxylic acids is 1. The predicted molar refractivity (Wildman–Crippen MR) is 37.7 cm³/mol. The molecule has 66 valence electrons. The minimum atomic E-state index is -3.73. The van der Waals surface area contributed by atoms with Gasteiger partial charge in [-0.05, 0) is 0 Å². The number of rotatable bonds is 3. The zero-order chi connectivity index (χ0) is 9.07. The monoisotopic (exact) mass is 182 g/mol. The molecule has 0 heterocycles. The molecule has 4 N–H and O–H groups in total. The van der Waals surface area contributed by atoms with Gasteiger partial charge in [0.15, 0.2) is 0 Å². The predicted octanol–water partition coefficient (Wildman–Crippen LogP) is -1.88. The van der Waals surface area contributed by atoms with Crippen molar-refractivity contribution in [2.75, 3.05) is 6.26 Å². The highest BCUT2D eigenvalue weighted by Crippen LogP contribution is 1.92. The molecule has 0 fully saturated rings. The molecule has 0 saturated heterocycles. The molecule has 0 radical (unpaired) electrons. The van der Waals surface area contributed by atoms with Gasteiger partial charge in [0, 0.05) is 0 Å². The molecule has 0 rings (SSSR count). The third kappa shape index (κ3) is 7.23. The summed E-state index contributed by atoms with van der Waals surface area (Å²) in [6, 6.07) is 0. The maximum Gasteiger partial charge on any atom is 0.325 e. The second-order valence-corrected chi connectivity index (χ2v) is 3.60. The van der Waals surface area contributed by atoms with Crippen LogP contribution < -0.4 is 11.5 Å². The fourth-order valence-corrected chi connectivity index (χ4v) is 0.801. The molecule has 7 heteroatoms. The maximum atomic E-state index is 10.5. The topological polar surface area (TPSA) is 112 Å². The average Bonchev–Trinajstić information content (AvgIpc) is 1.53. The van der Waals surface area contributed by atoms with Gasteiger partial charge < -0.3 is 15.7 Å². The lowest BCUT2D eigenvalue weighted by Gasteiger charge is -2.03. The van der Waals surface area contributed by atoms with Crippen molar-refractivity contribution in [3.05, 3.63) is 0 Å². The van der Waals surface area contributed by atoms with Crippen LogP contribution >= 0.6 is 0 Å². The third-order valence-electron chi connectivity index (χ3n) is 0.647. The smallest absolute Gasteiger partial charge is 0.325 e. The molecule has 0 aliphatic heterocycles. The molecule has 0 aliphatic carbocycles. The lowest BCUT2D eigenvalue weighted by atomic mass is 10.4. The third-order valence-corrected chi connectivity index (χ3v) is 1.14. The van der Waals surface area contributed by atoms with E-state index >= 15 is 0 Å². The number of carbonyl (C=O) groups is 1. The first-order valence-electron chi connectivity index (χ1n) is 2.74. The van der Waals surface area contributed by atoms with Crippen molar-refractivity contribution in [3.8, 4) is 0 Å². The summed E-state index contributed by atoms with van der Waals surface area (Å²) >= 11 is 0. The van der Waals surface area contributed by atoms with Crippen LogP contribution in [-0.4, -0.2) is 26.8 Å². The van der Waals surface area contributed by atoms with Crippen LogP contribution in [0.25, 0.3) is 0 Å². The Morgan fingerprint density at radius 2 is 2.00 bits per heavy atom. The van der Waals surface area contributed by atoms with Gasteiger partial charge in [-0.2, -0.15) is 8.42 Å². The molecule has 0 saturated carbocycles. The molecule has 0 aliphatic rings. The quantitative estimate of drug-likeness (QED) is 0.390. The molecule has 6 nitrogen and oxygen atoms in total. The summed E-state index contributed by atoms with van der Waals surface area (Å²) in [6.07, 6.45) is -0.427. The Morgan fingerprint density at radius 3 is 2.27 bits per heavy atom. The van der Waals surface area contributed by atoms with Crippen LogP contribution in [0.1, 0.15) is 6.42 Å². The van der Waals surface area contributed by atoms with E-state index in [4.69, 9.17) is 11.5 Å². The Kier molecular flexibility index (Phi) is 3.43. The summed E-state index contributed by atoms with van der Waals surface area (Å²) in [5.74, 6) is -0.942. The van der Waals surface area contributed by atoms with E-state index < -0.39 is 22.3 Å². The first-order valence-corrected chi connectivity index (χ1v) is 4.56. The molecule has 0 unspecified atom stereocenters. The summed E-state index contributed by atoms with van der Waals surface area (Å²) in [7, 11) is -3.73. The minimum absolute atomic E-state index is 0.312. The zero-order valence-corrected chi connectivity index (χ0v) is 6.80. The summed E-state index contributed by atoms with van der Waals surface area (Å²) in [5.41, 5.74) is 9.99. The highest BCUT2D eigenvalue weighted by atomic mass is 32.2. The lowest BCUT2D eigenvalue weighted by Crippen LogP contribution is -2.33. The van der Waals surface area contributed by atoms with Crippen molar-refractivity contribution in [2.24, 2.45) is 11.5 Å². The van der Waals surface area contributed by atoms with E-state index in [1.54, 1.807) is 0 Å². The highest BCUT2D eigenvalue weighted by Gasteiger charge is 2.12. The Hall–Kier alpha value is -0.660. The molecule has 0 bridgehead atoms. The van der Waals surface area contributed by atoms with E-state index in [9.17, 15) is 13.2 Å². The normalized spacial score (nSPS) is 11.6. The fraction of sp³-hybridized carbons (Fsp3) is 0.750. The van der Waals surface area contributed by atoms with Gasteiger partial charge in [-0.25, -0.2) is 0 Å². The molecule has 0 aromatic rings. The number of nitrogens with two attached hydrogens (primary N) is 2. The second-order valence-electron chi connectivity index (χ2n) is 2.03. The Labute approximate surface area is 64.6 Å². The highest BCUT2D eigenvalue weighted by molar-refractivity contribution is 7.86. The SMILES string of the molecule is CS(=O)(=O)OC(=O)CC(N)N. The number of hydrogen-bond acceptors (Lipinski definition) is 6. The fourth-order valence-electron chi connectivity index (χ4n) is 0.395. The van der Waals surface area contributed by atoms with E-state index in [0.29, 0.717) is 0 Å². The van der Waals surface area contributed by atoms with Gasteiger partial charge in [0.1, 0.15) is 0 Å². The van der Waals surface area contributed by atoms with Gasteiger partial charge in [0.05, 0.1) is 18.8 Å². The molecule has 0 spiro atoms. The van der Waals surface area contributed by atoms with Crippen molar-refractivity contribution in [1.29, 1.82) is 0 Å². The van der Waals surface area contributed by atoms with E-state index in [0.717, 1.165) is 6.26 Å². The zero-order valence-electron chi connectivity index (χ0n) is 5.98. The van der Waals surface area contributed by atoms with Crippen molar-refractivity contribution in [3.63, 3.8) is 0 Å². The molecule has 0 amide bonds. The Balaban J connectivity index is 3.91. The minimum Gasteiger partial charge on any atom is -0.346 e. The van der Waals surface area contributed by atoms with Gasteiger partial charge in [-0.15, -0.1) is 0 Å². The summed E-state index contributed by atoms with van der Waals surface area (Å²) in [4.78, 5) is 10.5. The van der Waals surface area contributed by atoms with Crippen LogP contribution in [0.2, 0.25) is 0 Å². The van der Waals surface area contributed by atoms with Gasteiger partial charge in [0.25, 0.3) is 0 Å². The molecule has 0 aromatic carbocycles. The van der Waals surface area contributed by atoms with Crippen LogP contribution in [0.3, 0.4) is 0 Å². The van der Waals surface area contributed by atoms with E-state index in [1.165, 1.54) is 0 Å². The van der Waals surface area contributed by atoms with Gasteiger partial charge >= 0.3 is 16.1 Å². The molecule has 11 heavy (non-hydrogen) atoms. The van der Waals surface area contributed by atoms with E-state index in [1.807, 2.05) is 0 Å². The largest absolute Gasteiger partial charge is 0.346 e. The molecular formula is C4H10N2O4S. The molecule has 0 atom stereocenters. The summed E-state index contributed by atoms with van der Waals surface area (Å²) in [6.45, 7) is 0. The second kappa shape index (κ2) is 3.65. The molecule has 0 aromatic heterocycles. The van der Waals surface area contributed by atoms with Crippen LogP contribution in [0.15, 0.2) is 0 Å². The van der Waals surface area contributed by atoms with Crippen LogP contribution in [0.5, 0.6) is 0 Å². The maximum absolute atomic E-state index is 10.5. The summed E-state index contributed by atoms with van der Waals surface area (Å²) < 4.78 is 24.5. The first kappa shape index (κ1) is 10.3. The van der Waals surface area contributed by atoms with Crippen LogP contribution in [0.4, 0.5) is 0 Å². The Bertz CT molecular complexity index is 232. The van der Waals surface area contributed by atoms with Crippen molar-refractivity contribution in [2.45, 2.75) is 12.6 Å². The van der Waals surface area contributed by atoms with Crippen molar-refractivity contribution < 1.29 is 17.4 Å². The van der Waals surface area contributed by atoms with E-state index in [-0.39, 0.29) is 6.42 Å². The van der Waals surface area contributed by atoms with Crippen molar-refractivity contribution >= 4 is 16.1 Å². The van der Waals surface area contributed by atoms with Crippen molar-refractivity contribution in [1.82, 2.24) is 0 Å². The lowest BCUT2D eigenvalue weighted by molar-refractivity contribution is -0.134. The standard InChI is InChI=1S/C4H10N2O4S/c1-11(8,9)10-4(7)2-3(5)6/h3H,2,5-6H2,1H3. The summed E-state index contributed by atoms with van der Waals surface area (Å²) in [5, 5.41) is 0. The number of hydrogen-bond donors (Lipinski definition) is 2.